The normalized spacial score (nSPS) is 16.9. The molecule has 1 heterocycles. The van der Waals surface area contributed by atoms with Crippen molar-refractivity contribution in [2.45, 2.75) is 27.2 Å². The van der Waals surface area contributed by atoms with Crippen molar-refractivity contribution in [2.24, 2.45) is 5.41 Å². The number of ketones is 1. The van der Waals surface area contributed by atoms with E-state index in [4.69, 9.17) is 0 Å². The molecule has 1 aliphatic carbocycles. The van der Waals surface area contributed by atoms with Crippen molar-refractivity contribution in [3.8, 4) is 0 Å². The number of allylic oxidation sites excluding steroid dienone is 6. The zero-order valence-corrected chi connectivity index (χ0v) is 11.7. The first-order chi connectivity index (χ1) is 8.96. The van der Waals surface area contributed by atoms with Gasteiger partial charge in [-0.1, -0.05) is 44.2 Å². The van der Waals surface area contributed by atoms with Gasteiger partial charge in [0.25, 0.3) is 0 Å². The summed E-state index contributed by atoms with van der Waals surface area (Å²) in [5.74, 6) is 0.108. The Labute approximate surface area is 114 Å². The Morgan fingerprint density at radius 2 is 2.05 bits per heavy atom. The molecule has 0 saturated heterocycles. The molecule has 0 amide bonds. The second-order valence-corrected chi connectivity index (χ2v) is 5.54. The lowest BCUT2D eigenvalue weighted by Gasteiger charge is -2.12. The van der Waals surface area contributed by atoms with Gasteiger partial charge in [0.2, 0.25) is 0 Å². The van der Waals surface area contributed by atoms with E-state index in [0.29, 0.717) is 12.0 Å². The number of pyridine rings is 1. The van der Waals surface area contributed by atoms with E-state index in [2.05, 4.69) is 31.0 Å². The van der Waals surface area contributed by atoms with Gasteiger partial charge in [-0.05, 0) is 24.6 Å². The van der Waals surface area contributed by atoms with Gasteiger partial charge >= 0.3 is 0 Å². The topological polar surface area (TPSA) is 30.0 Å². The molecular weight excluding hydrogens is 234 g/mol. The van der Waals surface area contributed by atoms with Gasteiger partial charge in [0.15, 0.2) is 5.78 Å². The van der Waals surface area contributed by atoms with E-state index in [1.807, 2.05) is 37.3 Å². The fourth-order valence-electron chi connectivity index (χ4n) is 1.89. The van der Waals surface area contributed by atoms with Gasteiger partial charge in [0, 0.05) is 29.3 Å². The molecule has 2 heteroatoms. The maximum atomic E-state index is 12.2. The first-order valence-corrected chi connectivity index (χ1v) is 6.50. The maximum Gasteiger partial charge on any atom is 0.168 e. The Hall–Kier alpha value is -1.96. The second kappa shape index (κ2) is 5.35. The number of hydrogen-bond donors (Lipinski definition) is 0. The lowest BCUT2D eigenvalue weighted by atomic mass is 9.93. The SMILES string of the molecule is Cc1ccc(C(=O)CC2=CC=CC(C)(C)C=C2)cn1. The quantitative estimate of drug-likeness (QED) is 0.761. The number of rotatable bonds is 3. The molecule has 0 fully saturated rings. The molecule has 0 spiro atoms. The molecule has 0 radical (unpaired) electrons. The summed E-state index contributed by atoms with van der Waals surface area (Å²) in [5.41, 5.74) is 2.68. The number of nitrogens with zero attached hydrogens (tertiary/aromatic N) is 1. The van der Waals surface area contributed by atoms with Crippen LogP contribution in [0.2, 0.25) is 0 Å². The molecule has 1 aromatic heterocycles. The number of Topliss-reactive ketones (excluding diaryl/α,β-unsaturated/α-hetero) is 1. The van der Waals surface area contributed by atoms with E-state index in [-0.39, 0.29) is 11.2 Å². The fraction of sp³-hybridized carbons (Fsp3) is 0.294. The summed E-state index contributed by atoms with van der Waals surface area (Å²) in [6.07, 6.45) is 12.4. The molecule has 19 heavy (non-hydrogen) atoms. The van der Waals surface area contributed by atoms with Crippen LogP contribution in [0.15, 0.2) is 54.3 Å². The summed E-state index contributed by atoms with van der Waals surface area (Å²) in [6, 6.07) is 3.71. The summed E-state index contributed by atoms with van der Waals surface area (Å²) < 4.78 is 0. The summed E-state index contributed by atoms with van der Waals surface area (Å²) in [7, 11) is 0. The predicted molar refractivity (Wildman–Crippen MR) is 78.1 cm³/mol. The minimum absolute atomic E-state index is 0.0483. The number of hydrogen-bond acceptors (Lipinski definition) is 2. The number of aromatic nitrogens is 1. The average Bonchev–Trinajstić information content (AvgIpc) is 2.52. The highest BCUT2D eigenvalue weighted by atomic mass is 16.1. The van der Waals surface area contributed by atoms with E-state index in [0.717, 1.165) is 11.3 Å². The predicted octanol–water partition coefficient (Wildman–Crippen LogP) is 4.04. The van der Waals surface area contributed by atoms with Crippen LogP contribution in [0.4, 0.5) is 0 Å². The third kappa shape index (κ3) is 3.75. The smallest absolute Gasteiger partial charge is 0.168 e. The van der Waals surface area contributed by atoms with Crippen molar-refractivity contribution in [1.82, 2.24) is 4.98 Å². The monoisotopic (exact) mass is 253 g/mol. The van der Waals surface area contributed by atoms with Gasteiger partial charge in [-0.2, -0.15) is 0 Å². The van der Waals surface area contributed by atoms with Crippen LogP contribution < -0.4 is 0 Å². The van der Waals surface area contributed by atoms with Crippen molar-refractivity contribution in [3.63, 3.8) is 0 Å². The van der Waals surface area contributed by atoms with E-state index in [9.17, 15) is 4.79 Å². The molecule has 1 aromatic rings. The Morgan fingerprint density at radius 1 is 1.26 bits per heavy atom. The minimum Gasteiger partial charge on any atom is -0.294 e. The van der Waals surface area contributed by atoms with E-state index >= 15 is 0 Å². The van der Waals surface area contributed by atoms with Crippen molar-refractivity contribution < 1.29 is 4.79 Å². The van der Waals surface area contributed by atoms with Gasteiger partial charge in [0.1, 0.15) is 0 Å². The summed E-state index contributed by atoms with van der Waals surface area (Å²) in [6.45, 7) is 6.20. The van der Waals surface area contributed by atoms with Crippen molar-refractivity contribution in [1.29, 1.82) is 0 Å². The largest absolute Gasteiger partial charge is 0.294 e. The third-order valence-electron chi connectivity index (χ3n) is 3.16. The molecule has 2 rings (SSSR count). The van der Waals surface area contributed by atoms with E-state index < -0.39 is 0 Å². The standard InChI is InChI=1S/C17H19NO/c1-13-6-7-15(12-18-13)16(19)11-14-5-4-9-17(2,3)10-8-14/h4-10,12H,11H2,1-3H3. The van der Waals surface area contributed by atoms with Gasteiger partial charge in [0.05, 0.1) is 0 Å². The van der Waals surface area contributed by atoms with Gasteiger partial charge in [-0.3, -0.25) is 9.78 Å². The number of carbonyl (C=O) groups is 1. The summed E-state index contributed by atoms with van der Waals surface area (Å²) in [4.78, 5) is 16.3. The Kier molecular flexibility index (Phi) is 3.79. The van der Waals surface area contributed by atoms with Crippen molar-refractivity contribution >= 4 is 5.78 Å². The zero-order valence-electron chi connectivity index (χ0n) is 11.7. The highest BCUT2D eigenvalue weighted by Gasteiger charge is 2.13. The second-order valence-electron chi connectivity index (χ2n) is 5.54. The highest BCUT2D eigenvalue weighted by Crippen LogP contribution is 2.24. The zero-order chi connectivity index (χ0) is 13.9. The molecule has 0 aliphatic heterocycles. The molecule has 0 atom stereocenters. The average molecular weight is 253 g/mol. The minimum atomic E-state index is 0.0483. The Bertz CT molecular complexity index is 559. The molecular formula is C17H19NO. The van der Waals surface area contributed by atoms with Gasteiger partial charge in [-0.15, -0.1) is 0 Å². The van der Waals surface area contributed by atoms with Crippen LogP contribution in [0.25, 0.3) is 0 Å². The third-order valence-corrected chi connectivity index (χ3v) is 3.16. The molecule has 0 aromatic carbocycles. The van der Waals surface area contributed by atoms with Crippen LogP contribution in [0.5, 0.6) is 0 Å². The molecule has 0 N–H and O–H groups in total. The maximum absolute atomic E-state index is 12.2. The Balaban J connectivity index is 2.10. The highest BCUT2D eigenvalue weighted by molar-refractivity contribution is 5.97. The molecule has 0 saturated carbocycles. The molecule has 2 nitrogen and oxygen atoms in total. The first-order valence-electron chi connectivity index (χ1n) is 6.50. The van der Waals surface area contributed by atoms with Crippen LogP contribution in [-0.4, -0.2) is 10.8 Å². The number of carbonyl (C=O) groups excluding carboxylic acids is 1. The van der Waals surface area contributed by atoms with Crippen molar-refractivity contribution in [2.75, 3.05) is 0 Å². The molecule has 0 unspecified atom stereocenters. The molecule has 98 valence electrons. The van der Waals surface area contributed by atoms with Crippen molar-refractivity contribution in [3.05, 3.63) is 65.5 Å². The van der Waals surface area contributed by atoms with Gasteiger partial charge in [-0.25, -0.2) is 0 Å². The van der Waals surface area contributed by atoms with Crippen LogP contribution >= 0.6 is 0 Å². The van der Waals surface area contributed by atoms with E-state index in [1.54, 1.807) is 6.20 Å². The summed E-state index contributed by atoms with van der Waals surface area (Å²) in [5, 5.41) is 0. The molecule has 0 bridgehead atoms. The van der Waals surface area contributed by atoms with Crippen LogP contribution in [0.3, 0.4) is 0 Å². The molecule has 1 aliphatic rings. The van der Waals surface area contributed by atoms with Crippen LogP contribution in [-0.2, 0) is 0 Å². The number of aryl methyl sites for hydroxylation is 1. The Morgan fingerprint density at radius 3 is 2.74 bits per heavy atom. The fourth-order valence-corrected chi connectivity index (χ4v) is 1.89. The lowest BCUT2D eigenvalue weighted by Crippen LogP contribution is -2.02. The van der Waals surface area contributed by atoms with Gasteiger partial charge < -0.3 is 0 Å². The van der Waals surface area contributed by atoms with E-state index in [1.165, 1.54) is 0 Å². The lowest BCUT2D eigenvalue weighted by molar-refractivity contribution is 0.0993. The first kappa shape index (κ1) is 13.5. The summed E-state index contributed by atoms with van der Waals surface area (Å²) >= 11 is 0. The van der Waals surface area contributed by atoms with Crippen LogP contribution in [0, 0.1) is 12.3 Å². The van der Waals surface area contributed by atoms with Crippen LogP contribution in [0.1, 0.15) is 36.3 Å².